The van der Waals surface area contributed by atoms with E-state index in [0.29, 0.717) is 6.04 Å². The van der Waals surface area contributed by atoms with E-state index in [0.717, 1.165) is 18.4 Å². The van der Waals surface area contributed by atoms with E-state index in [1.54, 1.807) is 44.2 Å². The highest BCUT2D eigenvalue weighted by molar-refractivity contribution is 7.92. The predicted molar refractivity (Wildman–Crippen MR) is 156 cm³/mol. The quantitative estimate of drug-likeness (QED) is 0.242. The maximum Gasteiger partial charge on any atom is 0.252 e. The van der Waals surface area contributed by atoms with Crippen molar-refractivity contribution in [1.82, 2.24) is 21.1 Å². The second-order valence-electron chi connectivity index (χ2n) is 11.3. The van der Waals surface area contributed by atoms with Gasteiger partial charge in [-0.3, -0.25) is 20.3 Å². The molecule has 2 amide bonds. The summed E-state index contributed by atoms with van der Waals surface area (Å²) in [5.74, 6) is -0.941. The van der Waals surface area contributed by atoms with E-state index in [-0.39, 0.29) is 54.5 Å². The summed E-state index contributed by atoms with van der Waals surface area (Å²) in [7, 11) is -3.74. The summed E-state index contributed by atoms with van der Waals surface area (Å²) in [6.45, 7) is 7.40. The number of nitrogens with zero attached hydrogens (tertiary/aromatic N) is 1. The number of carbonyl (C=O) groups is 2. The van der Waals surface area contributed by atoms with Crippen molar-refractivity contribution >= 4 is 21.7 Å². The number of nitrogens with one attached hydrogen (secondary N) is 3. The van der Waals surface area contributed by atoms with Gasteiger partial charge in [0.1, 0.15) is 5.37 Å². The number of sulfone groups is 1. The van der Waals surface area contributed by atoms with Crippen molar-refractivity contribution in [3.05, 3.63) is 66.2 Å². The van der Waals surface area contributed by atoms with Gasteiger partial charge in [-0.25, -0.2) is 13.4 Å². The summed E-state index contributed by atoms with van der Waals surface area (Å²) in [5.41, 5.74) is 3.62. The average Bonchev–Trinajstić information content (AvgIpc) is 3.74. The molecule has 2 aromatic carbocycles. The van der Waals surface area contributed by atoms with Crippen LogP contribution in [0.1, 0.15) is 52.5 Å². The molecule has 4 N–H and O–H groups in total. The first-order valence-corrected chi connectivity index (χ1v) is 15.6. The van der Waals surface area contributed by atoms with E-state index in [1.165, 1.54) is 5.01 Å². The summed E-state index contributed by atoms with van der Waals surface area (Å²) in [6.07, 6.45) is 1.31. The Morgan fingerprint density at radius 1 is 0.975 bits per heavy atom. The van der Waals surface area contributed by atoms with Crippen molar-refractivity contribution in [3.63, 3.8) is 0 Å². The van der Waals surface area contributed by atoms with Gasteiger partial charge in [-0.05, 0) is 48.8 Å². The van der Waals surface area contributed by atoms with Crippen LogP contribution in [0.15, 0.2) is 65.6 Å². The largest absolute Gasteiger partial charge is 0.390 e. The number of hydrogen-bond donors (Lipinski definition) is 4. The number of aliphatic hydroxyl groups is 1. The minimum atomic E-state index is -3.74. The molecule has 40 heavy (non-hydrogen) atoms. The van der Waals surface area contributed by atoms with Crippen LogP contribution in [0.25, 0.3) is 0 Å². The Balaban J connectivity index is 1.85. The molecule has 0 aromatic heterocycles. The first kappa shape index (κ1) is 31.7. The van der Waals surface area contributed by atoms with Gasteiger partial charge in [-0.2, -0.15) is 0 Å². The highest BCUT2D eigenvalue weighted by Crippen LogP contribution is 2.21. The van der Waals surface area contributed by atoms with Crippen LogP contribution in [0, 0.1) is 11.8 Å². The lowest BCUT2D eigenvalue weighted by atomic mass is 9.99. The number of rotatable bonds is 15. The first-order chi connectivity index (χ1) is 19.0. The standard InChI is InChI=1S/C30H44N4O5S/c1-21(2)17-29(37)34(33-28(36)20-31-24-15-16-24)26(18-23-11-7-5-8-12-23)27(35)19-32-30(22(3)4)40(38,39)25-13-9-6-10-14-25/h5-14,21-22,24,26-27,30-32,35H,15-20H2,1-4H3,(H,33,36)/t26-,27+,30?/m0/s1. The van der Waals surface area contributed by atoms with E-state index in [9.17, 15) is 23.1 Å². The van der Waals surface area contributed by atoms with Crippen LogP contribution in [-0.4, -0.2) is 67.0 Å². The molecular formula is C30H44N4O5S. The van der Waals surface area contributed by atoms with E-state index < -0.39 is 27.4 Å². The lowest BCUT2D eigenvalue weighted by Gasteiger charge is -2.36. The molecule has 3 rings (SSSR count). The third kappa shape index (κ3) is 9.40. The predicted octanol–water partition coefficient (Wildman–Crippen LogP) is 2.66. The van der Waals surface area contributed by atoms with Crippen molar-refractivity contribution in [2.24, 2.45) is 11.8 Å². The van der Waals surface area contributed by atoms with E-state index >= 15 is 0 Å². The van der Waals surface area contributed by atoms with Crippen LogP contribution in [0.3, 0.4) is 0 Å². The molecule has 0 aliphatic heterocycles. The van der Waals surface area contributed by atoms with Crippen LogP contribution in [-0.2, 0) is 25.8 Å². The zero-order chi connectivity index (χ0) is 29.3. The minimum Gasteiger partial charge on any atom is -0.390 e. The molecule has 1 unspecified atom stereocenters. The molecule has 1 aliphatic carbocycles. The smallest absolute Gasteiger partial charge is 0.252 e. The van der Waals surface area contributed by atoms with Gasteiger partial charge in [-0.15, -0.1) is 0 Å². The third-order valence-corrected chi connectivity index (χ3v) is 9.14. The maximum absolute atomic E-state index is 13.4. The summed E-state index contributed by atoms with van der Waals surface area (Å²) >= 11 is 0. The molecule has 1 aliphatic rings. The highest BCUT2D eigenvalue weighted by atomic mass is 32.2. The second kappa shape index (κ2) is 14.7. The number of hydrogen-bond acceptors (Lipinski definition) is 7. The van der Waals surface area contributed by atoms with E-state index in [2.05, 4.69) is 16.1 Å². The fourth-order valence-corrected chi connectivity index (χ4v) is 6.43. The Labute approximate surface area is 238 Å². The van der Waals surface area contributed by atoms with Gasteiger partial charge < -0.3 is 10.4 Å². The van der Waals surface area contributed by atoms with Gasteiger partial charge in [0.25, 0.3) is 5.91 Å². The average molecular weight is 573 g/mol. The Morgan fingerprint density at radius 2 is 1.57 bits per heavy atom. The first-order valence-electron chi connectivity index (χ1n) is 14.1. The molecule has 10 heteroatoms. The van der Waals surface area contributed by atoms with Crippen molar-refractivity contribution in [3.8, 4) is 0 Å². The third-order valence-electron chi connectivity index (χ3n) is 6.83. The zero-order valence-electron chi connectivity index (χ0n) is 23.9. The lowest BCUT2D eigenvalue weighted by Crippen LogP contribution is -2.60. The topological polar surface area (TPSA) is 128 Å². The molecule has 0 bridgehead atoms. The molecule has 0 saturated heterocycles. The van der Waals surface area contributed by atoms with Gasteiger partial charge >= 0.3 is 0 Å². The van der Waals surface area contributed by atoms with Crippen molar-refractivity contribution in [2.45, 2.75) is 81.8 Å². The van der Waals surface area contributed by atoms with Crippen molar-refractivity contribution in [1.29, 1.82) is 0 Å². The number of benzene rings is 2. The summed E-state index contributed by atoms with van der Waals surface area (Å²) in [6, 6.07) is 17.1. The molecule has 2 aromatic rings. The highest BCUT2D eigenvalue weighted by Gasteiger charge is 2.35. The molecular weight excluding hydrogens is 528 g/mol. The van der Waals surface area contributed by atoms with E-state index in [4.69, 9.17) is 0 Å². The van der Waals surface area contributed by atoms with Crippen LogP contribution in [0.2, 0.25) is 0 Å². The summed E-state index contributed by atoms with van der Waals surface area (Å²) in [5, 5.41) is 18.0. The van der Waals surface area contributed by atoms with Gasteiger partial charge in [0, 0.05) is 19.0 Å². The normalized spacial score (nSPS) is 16.0. The molecule has 0 spiro atoms. The summed E-state index contributed by atoms with van der Waals surface area (Å²) < 4.78 is 26.8. The number of amides is 2. The van der Waals surface area contributed by atoms with Crippen LogP contribution in [0.5, 0.6) is 0 Å². The van der Waals surface area contributed by atoms with Crippen LogP contribution in [0.4, 0.5) is 0 Å². The fraction of sp³-hybridized carbons (Fsp3) is 0.533. The molecule has 9 nitrogen and oxygen atoms in total. The number of carbonyl (C=O) groups excluding carboxylic acids is 2. The lowest BCUT2D eigenvalue weighted by molar-refractivity contribution is -0.148. The maximum atomic E-state index is 13.4. The van der Waals surface area contributed by atoms with Crippen LogP contribution < -0.4 is 16.1 Å². The SMILES string of the molecule is CC(C)CC(=O)N(NC(=O)CNC1CC1)[C@@H](Cc1ccccc1)[C@H](O)CNC(C(C)C)S(=O)(=O)c1ccccc1. The van der Waals surface area contributed by atoms with Gasteiger partial charge in [-0.1, -0.05) is 76.2 Å². The Morgan fingerprint density at radius 3 is 2.12 bits per heavy atom. The van der Waals surface area contributed by atoms with Gasteiger partial charge in [0.2, 0.25) is 5.91 Å². The van der Waals surface area contributed by atoms with Crippen molar-refractivity contribution in [2.75, 3.05) is 13.1 Å². The Kier molecular flexibility index (Phi) is 11.7. The van der Waals surface area contributed by atoms with E-state index in [1.807, 2.05) is 44.2 Å². The molecule has 0 heterocycles. The van der Waals surface area contributed by atoms with Crippen molar-refractivity contribution < 1.29 is 23.1 Å². The van der Waals surface area contributed by atoms with Gasteiger partial charge in [0.05, 0.1) is 23.6 Å². The van der Waals surface area contributed by atoms with Gasteiger partial charge in [0.15, 0.2) is 9.84 Å². The molecule has 1 saturated carbocycles. The minimum absolute atomic E-state index is 0.0328. The fourth-order valence-electron chi connectivity index (χ4n) is 4.56. The second-order valence-corrected chi connectivity index (χ2v) is 13.4. The molecule has 3 atom stereocenters. The number of hydrazine groups is 1. The Hall–Kier alpha value is -2.79. The zero-order valence-corrected chi connectivity index (χ0v) is 24.7. The van der Waals surface area contributed by atoms with Crippen LogP contribution >= 0.6 is 0 Å². The Bertz CT molecular complexity index is 1190. The molecule has 0 radical (unpaired) electrons. The summed E-state index contributed by atoms with van der Waals surface area (Å²) in [4.78, 5) is 26.5. The monoisotopic (exact) mass is 572 g/mol. The number of aliphatic hydroxyl groups excluding tert-OH is 1. The molecule has 220 valence electrons. The molecule has 1 fully saturated rings.